The molecule has 0 spiro atoms. The average molecular weight is 275 g/mol. The molecule has 0 amide bonds. The minimum Gasteiger partial charge on any atom is -0.383 e. The molecule has 0 saturated carbocycles. The van der Waals surface area contributed by atoms with Gasteiger partial charge in [0.15, 0.2) is 5.78 Å². The highest BCUT2D eigenvalue weighted by molar-refractivity contribution is 5.96. The predicted octanol–water partition coefficient (Wildman–Crippen LogP) is 1.94. The standard InChI is InChI=1S/C16H25N3O/c1-4-16(20)13-5-7-14(8-6-13)17-11-15-12-18(2)9-10-19(15)3/h5-8,15,17H,4,9-12H2,1-3H3. The molecule has 0 radical (unpaired) electrons. The van der Waals surface area contributed by atoms with E-state index in [1.54, 1.807) is 0 Å². The van der Waals surface area contributed by atoms with Crippen LogP contribution in [0.2, 0.25) is 0 Å². The van der Waals surface area contributed by atoms with Crippen LogP contribution in [-0.4, -0.2) is 61.9 Å². The molecule has 1 heterocycles. The molecular weight excluding hydrogens is 250 g/mol. The van der Waals surface area contributed by atoms with Gasteiger partial charge in [0.1, 0.15) is 0 Å². The molecule has 4 heteroatoms. The highest BCUT2D eigenvalue weighted by Gasteiger charge is 2.21. The van der Waals surface area contributed by atoms with Gasteiger partial charge < -0.3 is 10.2 Å². The summed E-state index contributed by atoms with van der Waals surface area (Å²) in [5, 5.41) is 3.47. The number of anilines is 1. The third-order valence-corrected chi connectivity index (χ3v) is 4.05. The maximum Gasteiger partial charge on any atom is 0.162 e. The van der Waals surface area contributed by atoms with Crippen LogP contribution in [0.4, 0.5) is 5.69 Å². The molecule has 0 bridgehead atoms. The van der Waals surface area contributed by atoms with E-state index in [-0.39, 0.29) is 5.78 Å². The molecule has 0 aromatic heterocycles. The number of rotatable bonds is 5. The SMILES string of the molecule is CCC(=O)c1ccc(NCC2CN(C)CCN2C)cc1. The minimum atomic E-state index is 0.199. The van der Waals surface area contributed by atoms with E-state index in [0.717, 1.165) is 37.4 Å². The number of piperazine rings is 1. The lowest BCUT2D eigenvalue weighted by Crippen LogP contribution is -2.52. The van der Waals surface area contributed by atoms with Crippen LogP contribution in [0.5, 0.6) is 0 Å². The molecule has 1 atom stereocenters. The van der Waals surface area contributed by atoms with Crippen LogP contribution in [-0.2, 0) is 0 Å². The Labute approximate surface area is 121 Å². The number of nitrogens with zero attached hydrogens (tertiary/aromatic N) is 2. The molecule has 1 aliphatic rings. The number of hydrogen-bond donors (Lipinski definition) is 1. The Morgan fingerprint density at radius 3 is 2.60 bits per heavy atom. The normalized spacial score (nSPS) is 20.9. The average Bonchev–Trinajstić information content (AvgIpc) is 2.48. The number of hydrogen-bond acceptors (Lipinski definition) is 4. The summed E-state index contributed by atoms with van der Waals surface area (Å²) in [5.74, 6) is 0.199. The molecule has 20 heavy (non-hydrogen) atoms. The van der Waals surface area contributed by atoms with Crippen molar-refractivity contribution in [3.63, 3.8) is 0 Å². The number of likely N-dealkylation sites (N-methyl/N-ethyl adjacent to an activating group) is 2. The Hall–Kier alpha value is -1.39. The first-order chi connectivity index (χ1) is 9.60. The Balaban J connectivity index is 1.88. The third-order valence-electron chi connectivity index (χ3n) is 4.05. The molecule has 1 unspecified atom stereocenters. The van der Waals surface area contributed by atoms with Gasteiger partial charge in [0.25, 0.3) is 0 Å². The largest absolute Gasteiger partial charge is 0.383 e. The van der Waals surface area contributed by atoms with E-state index in [4.69, 9.17) is 0 Å². The summed E-state index contributed by atoms with van der Waals surface area (Å²) >= 11 is 0. The molecule has 1 aromatic carbocycles. The topological polar surface area (TPSA) is 35.6 Å². The van der Waals surface area contributed by atoms with Crippen molar-refractivity contribution >= 4 is 11.5 Å². The number of nitrogens with one attached hydrogen (secondary N) is 1. The van der Waals surface area contributed by atoms with Crippen LogP contribution in [0, 0.1) is 0 Å². The maximum atomic E-state index is 11.6. The lowest BCUT2D eigenvalue weighted by Gasteiger charge is -2.37. The Kier molecular flexibility index (Phi) is 5.15. The monoisotopic (exact) mass is 275 g/mol. The lowest BCUT2D eigenvalue weighted by molar-refractivity contribution is 0.0988. The van der Waals surface area contributed by atoms with Crippen molar-refractivity contribution < 1.29 is 4.79 Å². The molecule has 0 aliphatic carbocycles. The number of carbonyl (C=O) groups excluding carboxylic acids is 1. The van der Waals surface area contributed by atoms with Gasteiger partial charge in [-0.3, -0.25) is 9.69 Å². The second kappa shape index (κ2) is 6.86. The summed E-state index contributed by atoms with van der Waals surface area (Å²) in [7, 11) is 4.35. The molecule has 1 N–H and O–H groups in total. The van der Waals surface area contributed by atoms with Crippen LogP contribution in [0.1, 0.15) is 23.7 Å². The molecular formula is C16H25N3O. The fourth-order valence-electron chi connectivity index (χ4n) is 2.54. The van der Waals surface area contributed by atoms with Gasteiger partial charge in [-0.15, -0.1) is 0 Å². The van der Waals surface area contributed by atoms with Gasteiger partial charge in [0.05, 0.1) is 0 Å². The van der Waals surface area contributed by atoms with Gasteiger partial charge in [-0.25, -0.2) is 0 Å². The van der Waals surface area contributed by atoms with Crippen molar-refractivity contribution in [1.82, 2.24) is 9.80 Å². The van der Waals surface area contributed by atoms with Crippen molar-refractivity contribution in [3.05, 3.63) is 29.8 Å². The summed E-state index contributed by atoms with van der Waals surface area (Å²) in [6.07, 6.45) is 0.561. The maximum absolute atomic E-state index is 11.6. The number of carbonyl (C=O) groups is 1. The number of benzene rings is 1. The smallest absolute Gasteiger partial charge is 0.162 e. The Bertz CT molecular complexity index is 444. The fraction of sp³-hybridized carbons (Fsp3) is 0.562. The summed E-state index contributed by atoms with van der Waals surface area (Å²) in [6, 6.07) is 8.34. The quantitative estimate of drug-likeness (QED) is 0.833. The van der Waals surface area contributed by atoms with Crippen molar-refractivity contribution in [3.8, 4) is 0 Å². The van der Waals surface area contributed by atoms with Gasteiger partial charge in [0, 0.05) is 49.9 Å². The van der Waals surface area contributed by atoms with Crippen LogP contribution < -0.4 is 5.32 Å². The number of ketones is 1. The molecule has 2 rings (SSSR count). The summed E-state index contributed by atoms with van der Waals surface area (Å²) < 4.78 is 0. The molecule has 1 saturated heterocycles. The van der Waals surface area contributed by atoms with Gasteiger partial charge in [-0.1, -0.05) is 6.92 Å². The van der Waals surface area contributed by atoms with Gasteiger partial charge >= 0.3 is 0 Å². The van der Waals surface area contributed by atoms with E-state index in [1.807, 2.05) is 31.2 Å². The van der Waals surface area contributed by atoms with E-state index in [1.165, 1.54) is 0 Å². The van der Waals surface area contributed by atoms with Gasteiger partial charge in [0.2, 0.25) is 0 Å². The van der Waals surface area contributed by atoms with Gasteiger partial charge in [-0.05, 0) is 38.4 Å². The predicted molar refractivity (Wildman–Crippen MR) is 83.5 cm³/mol. The molecule has 4 nitrogen and oxygen atoms in total. The second-order valence-electron chi connectivity index (χ2n) is 5.63. The second-order valence-corrected chi connectivity index (χ2v) is 5.63. The van der Waals surface area contributed by atoms with Crippen molar-refractivity contribution in [2.24, 2.45) is 0 Å². The molecule has 110 valence electrons. The molecule has 1 aliphatic heterocycles. The summed E-state index contributed by atoms with van der Waals surface area (Å²) in [5.41, 5.74) is 1.88. The fourth-order valence-corrected chi connectivity index (χ4v) is 2.54. The van der Waals surface area contributed by atoms with Crippen LogP contribution in [0.3, 0.4) is 0 Å². The highest BCUT2D eigenvalue weighted by atomic mass is 16.1. The minimum absolute atomic E-state index is 0.199. The van der Waals surface area contributed by atoms with Crippen LogP contribution >= 0.6 is 0 Å². The van der Waals surface area contributed by atoms with E-state index in [2.05, 4.69) is 29.2 Å². The number of Topliss-reactive ketones (excluding diaryl/α,β-unsaturated/α-hetero) is 1. The zero-order valence-electron chi connectivity index (χ0n) is 12.7. The van der Waals surface area contributed by atoms with E-state index in [0.29, 0.717) is 12.5 Å². The van der Waals surface area contributed by atoms with E-state index >= 15 is 0 Å². The van der Waals surface area contributed by atoms with E-state index < -0.39 is 0 Å². The van der Waals surface area contributed by atoms with Crippen molar-refractivity contribution in [2.75, 3.05) is 45.6 Å². The van der Waals surface area contributed by atoms with Crippen molar-refractivity contribution in [1.29, 1.82) is 0 Å². The summed E-state index contributed by atoms with van der Waals surface area (Å²) in [6.45, 7) is 6.18. The first-order valence-electron chi connectivity index (χ1n) is 7.36. The first kappa shape index (κ1) is 15.0. The van der Waals surface area contributed by atoms with Crippen LogP contribution in [0.25, 0.3) is 0 Å². The zero-order chi connectivity index (χ0) is 14.5. The zero-order valence-corrected chi connectivity index (χ0v) is 12.7. The Morgan fingerprint density at radius 1 is 1.25 bits per heavy atom. The van der Waals surface area contributed by atoms with E-state index in [9.17, 15) is 4.79 Å². The molecule has 1 aromatic rings. The Morgan fingerprint density at radius 2 is 1.95 bits per heavy atom. The van der Waals surface area contributed by atoms with Crippen LogP contribution in [0.15, 0.2) is 24.3 Å². The summed E-state index contributed by atoms with van der Waals surface area (Å²) in [4.78, 5) is 16.4. The van der Waals surface area contributed by atoms with Gasteiger partial charge in [-0.2, -0.15) is 0 Å². The first-order valence-corrected chi connectivity index (χ1v) is 7.36. The third kappa shape index (κ3) is 3.81. The highest BCUT2D eigenvalue weighted by Crippen LogP contribution is 2.13. The molecule has 1 fully saturated rings. The lowest BCUT2D eigenvalue weighted by atomic mass is 10.1. The van der Waals surface area contributed by atoms with Crippen molar-refractivity contribution in [2.45, 2.75) is 19.4 Å².